The normalized spacial score (nSPS) is 14.5. The van der Waals surface area contributed by atoms with Gasteiger partial charge in [-0.15, -0.1) is 0 Å². The monoisotopic (exact) mass is 189 g/mol. The molecule has 0 radical (unpaired) electrons. The first-order valence-electron chi connectivity index (χ1n) is 4.14. The van der Waals surface area contributed by atoms with Gasteiger partial charge in [-0.25, -0.2) is 4.79 Å². The standard InChI is InChI=1S/C8H15NO4/c1-4-13-8(12)5(2)9-7(11)6(3)10/h5-6,10H,4H2,1-3H3,(H,9,11)/t5-,6-/m0/s1. The summed E-state index contributed by atoms with van der Waals surface area (Å²) in [5.41, 5.74) is 0. The molecule has 2 atom stereocenters. The van der Waals surface area contributed by atoms with Crippen molar-refractivity contribution in [1.29, 1.82) is 0 Å². The third kappa shape index (κ3) is 4.47. The van der Waals surface area contributed by atoms with E-state index in [9.17, 15) is 9.59 Å². The summed E-state index contributed by atoms with van der Waals surface area (Å²) >= 11 is 0. The van der Waals surface area contributed by atoms with Gasteiger partial charge in [0.1, 0.15) is 12.1 Å². The zero-order chi connectivity index (χ0) is 10.4. The number of aliphatic hydroxyl groups excluding tert-OH is 1. The number of hydrogen-bond acceptors (Lipinski definition) is 4. The smallest absolute Gasteiger partial charge is 0.328 e. The number of hydrogen-bond donors (Lipinski definition) is 2. The Labute approximate surface area is 77.1 Å². The Morgan fingerprint density at radius 2 is 2.00 bits per heavy atom. The zero-order valence-electron chi connectivity index (χ0n) is 8.03. The Morgan fingerprint density at radius 3 is 2.38 bits per heavy atom. The molecule has 0 aliphatic rings. The van der Waals surface area contributed by atoms with E-state index in [1.807, 2.05) is 0 Å². The Morgan fingerprint density at radius 1 is 1.46 bits per heavy atom. The van der Waals surface area contributed by atoms with Gasteiger partial charge in [0, 0.05) is 0 Å². The lowest BCUT2D eigenvalue weighted by atomic mass is 10.3. The van der Waals surface area contributed by atoms with Crippen LogP contribution in [0.2, 0.25) is 0 Å². The summed E-state index contributed by atoms with van der Waals surface area (Å²) in [4.78, 5) is 21.9. The highest BCUT2D eigenvalue weighted by molar-refractivity contribution is 5.86. The van der Waals surface area contributed by atoms with Crippen LogP contribution in [0.5, 0.6) is 0 Å². The third-order valence-corrected chi connectivity index (χ3v) is 1.38. The number of carbonyl (C=O) groups is 2. The van der Waals surface area contributed by atoms with Gasteiger partial charge >= 0.3 is 5.97 Å². The van der Waals surface area contributed by atoms with Crippen molar-refractivity contribution in [3.05, 3.63) is 0 Å². The average molecular weight is 189 g/mol. The van der Waals surface area contributed by atoms with E-state index < -0.39 is 24.0 Å². The van der Waals surface area contributed by atoms with E-state index in [0.29, 0.717) is 0 Å². The molecular formula is C8H15NO4. The van der Waals surface area contributed by atoms with Gasteiger partial charge in [-0.05, 0) is 20.8 Å². The van der Waals surface area contributed by atoms with Crippen LogP contribution < -0.4 is 5.32 Å². The number of esters is 1. The molecule has 13 heavy (non-hydrogen) atoms. The van der Waals surface area contributed by atoms with Crippen molar-refractivity contribution >= 4 is 11.9 Å². The Bertz CT molecular complexity index is 191. The molecule has 0 saturated carbocycles. The summed E-state index contributed by atoms with van der Waals surface area (Å²) in [5, 5.41) is 11.1. The van der Waals surface area contributed by atoms with Gasteiger partial charge in [0.25, 0.3) is 0 Å². The van der Waals surface area contributed by atoms with Gasteiger partial charge in [-0.3, -0.25) is 4.79 Å². The highest BCUT2D eigenvalue weighted by atomic mass is 16.5. The van der Waals surface area contributed by atoms with Crippen LogP contribution in [0.1, 0.15) is 20.8 Å². The molecule has 5 heteroatoms. The number of ether oxygens (including phenoxy) is 1. The molecule has 0 saturated heterocycles. The SMILES string of the molecule is CCOC(=O)[C@H](C)NC(=O)[C@H](C)O. The second-order valence-corrected chi connectivity index (χ2v) is 2.66. The van der Waals surface area contributed by atoms with Crippen LogP contribution in [0.25, 0.3) is 0 Å². The van der Waals surface area contributed by atoms with Gasteiger partial charge in [0.2, 0.25) is 5.91 Å². The lowest BCUT2D eigenvalue weighted by molar-refractivity contribution is -0.147. The number of amides is 1. The zero-order valence-corrected chi connectivity index (χ0v) is 8.03. The van der Waals surface area contributed by atoms with Crippen LogP contribution in [0.3, 0.4) is 0 Å². The van der Waals surface area contributed by atoms with Crippen LogP contribution in [0, 0.1) is 0 Å². The van der Waals surface area contributed by atoms with E-state index in [1.165, 1.54) is 13.8 Å². The maximum Gasteiger partial charge on any atom is 0.328 e. The largest absolute Gasteiger partial charge is 0.464 e. The molecule has 0 fully saturated rings. The van der Waals surface area contributed by atoms with Gasteiger partial charge in [0.05, 0.1) is 6.61 Å². The van der Waals surface area contributed by atoms with Gasteiger partial charge in [0.15, 0.2) is 0 Å². The minimum absolute atomic E-state index is 0.272. The Kier molecular flexibility index (Phi) is 5.06. The second kappa shape index (κ2) is 5.53. The topological polar surface area (TPSA) is 75.6 Å². The summed E-state index contributed by atoms with van der Waals surface area (Å²) in [6, 6.07) is -0.720. The van der Waals surface area contributed by atoms with E-state index in [-0.39, 0.29) is 6.61 Å². The fraction of sp³-hybridized carbons (Fsp3) is 0.750. The van der Waals surface area contributed by atoms with Gasteiger partial charge < -0.3 is 15.2 Å². The first-order valence-corrected chi connectivity index (χ1v) is 4.14. The van der Waals surface area contributed by atoms with Crippen LogP contribution in [0.15, 0.2) is 0 Å². The van der Waals surface area contributed by atoms with E-state index in [2.05, 4.69) is 10.1 Å². The molecule has 0 heterocycles. The van der Waals surface area contributed by atoms with Gasteiger partial charge in [-0.1, -0.05) is 0 Å². The fourth-order valence-corrected chi connectivity index (χ4v) is 0.660. The van der Waals surface area contributed by atoms with Crippen molar-refractivity contribution in [3.63, 3.8) is 0 Å². The summed E-state index contributed by atoms with van der Waals surface area (Å²) < 4.78 is 4.65. The van der Waals surface area contributed by atoms with Crippen LogP contribution in [-0.2, 0) is 14.3 Å². The Balaban J connectivity index is 3.92. The fourth-order valence-electron chi connectivity index (χ4n) is 0.660. The molecule has 2 N–H and O–H groups in total. The van der Waals surface area contributed by atoms with Crippen molar-refractivity contribution in [2.24, 2.45) is 0 Å². The van der Waals surface area contributed by atoms with Crippen molar-refractivity contribution in [2.75, 3.05) is 6.61 Å². The number of rotatable bonds is 4. The van der Waals surface area contributed by atoms with E-state index in [1.54, 1.807) is 6.92 Å². The molecular weight excluding hydrogens is 174 g/mol. The van der Waals surface area contributed by atoms with Gasteiger partial charge in [-0.2, -0.15) is 0 Å². The highest BCUT2D eigenvalue weighted by Gasteiger charge is 2.18. The predicted octanol–water partition coefficient (Wildman–Crippen LogP) is -0.565. The Hall–Kier alpha value is -1.10. The molecule has 76 valence electrons. The molecule has 0 rings (SSSR count). The van der Waals surface area contributed by atoms with Crippen molar-refractivity contribution in [2.45, 2.75) is 32.9 Å². The summed E-state index contributed by atoms with van der Waals surface area (Å²) in [7, 11) is 0. The van der Waals surface area contributed by atoms with Crippen molar-refractivity contribution in [1.82, 2.24) is 5.32 Å². The summed E-state index contributed by atoms with van der Waals surface area (Å²) in [5.74, 6) is -1.09. The van der Waals surface area contributed by atoms with E-state index >= 15 is 0 Å². The first kappa shape index (κ1) is 11.9. The summed E-state index contributed by atoms with van der Waals surface area (Å²) in [6.45, 7) is 4.78. The molecule has 0 unspecified atom stereocenters. The second-order valence-electron chi connectivity index (χ2n) is 2.66. The maximum absolute atomic E-state index is 11.0. The van der Waals surface area contributed by atoms with Crippen LogP contribution >= 0.6 is 0 Å². The third-order valence-electron chi connectivity index (χ3n) is 1.38. The predicted molar refractivity (Wildman–Crippen MR) is 45.9 cm³/mol. The van der Waals surface area contributed by atoms with E-state index in [4.69, 9.17) is 5.11 Å². The van der Waals surface area contributed by atoms with E-state index in [0.717, 1.165) is 0 Å². The first-order chi connectivity index (χ1) is 5.99. The molecule has 0 aliphatic heterocycles. The quantitative estimate of drug-likeness (QED) is 0.581. The molecule has 1 amide bonds. The minimum Gasteiger partial charge on any atom is -0.464 e. The highest BCUT2D eigenvalue weighted by Crippen LogP contribution is 1.89. The number of nitrogens with one attached hydrogen (secondary N) is 1. The van der Waals surface area contributed by atoms with Crippen molar-refractivity contribution in [3.8, 4) is 0 Å². The maximum atomic E-state index is 11.0. The molecule has 0 aromatic heterocycles. The molecule has 0 spiro atoms. The molecule has 0 aromatic carbocycles. The lowest BCUT2D eigenvalue weighted by Gasteiger charge is -2.13. The van der Waals surface area contributed by atoms with Crippen molar-refractivity contribution < 1.29 is 19.4 Å². The van der Waals surface area contributed by atoms with Crippen LogP contribution in [-0.4, -0.2) is 35.7 Å². The average Bonchev–Trinajstić information content (AvgIpc) is 2.04. The van der Waals surface area contributed by atoms with Crippen LogP contribution in [0.4, 0.5) is 0 Å². The summed E-state index contributed by atoms with van der Waals surface area (Å²) in [6.07, 6.45) is -1.11. The number of carbonyl (C=O) groups excluding carboxylic acids is 2. The molecule has 0 aromatic rings. The minimum atomic E-state index is -1.11. The number of aliphatic hydroxyl groups is 1. The molecule has 0 aliphatic carbocycles. The molecule has 5 nitrogen and oxygen atoms in total. The molecule has 0 bridgehead atoms. The lowest BCUT2D eigenvalue weighted by Crippen LogP contribution is -2.43.